The number of benzene rings is 2. The summed E-state index contributed by atoms with van der Waals surface area (Å²) in [4.78, 5) is 55.5. The van der Waals surface area contributed by atoms with Gasteiger partial charge in [0.05, 0.1) is 49.6 Å². The number of ether oxygens (including phenoxy) is 7. The zero-order chi connectivity index (χ0) is 42.3. The van der Waals surface area contributed by atoms with Crippen LogP contribution in [0.25, 0.3) is 0 Å². The molecule has 1 unspecified atom stereocenters. The van der Waals surface area contributed by atoms with Crippen molar-refractivity contribution >= 4 is 35.5 Å². The first kappa shape index (κ1) is 46.9. The smallest absolute Gasteiger partial charge is 0.407 e. The van der Waals surface area contributed by atoms with Gasteiger partial charge in [0.25, 0.3) is 5.91 Å². The van der Waals surface area contributed by atoms with Gasteiger partial charge in [0.2, 0.25) is 5.75 Å². The summed E-state index contributed by atoms with van der Waals surface area (Å²) in [6, 6.07) is 5.81. The number of methoxy groups -OCH3 is 3. The maximum absolute atomic E-state index is 13.6. The summed E-state index contributed by atoms with van der Waals surface area (Å²) in [6.45, 7) is 16.4. The van der Waals surface area contributed by atoms with Gasteiger partial charge < -0.3 is 54.0 Å². The van der Waals surface area contributed by atoms with Gasteiger partial charge in [0.15, 0.2) is 11.5 Å². The zero-order valence-electron chi connectivity index (χ0n) is 34.9. The van der Waals surface area contributed by atoms with Crippen LogP contribution in [0.1, 0.15) is 105 Å². The molecule has 2 aromatic carbocycles. The van der Waals surface area contributed by atoms with E-state index in [1.54, 1.807) is 32.9 Å². The van der Waals surface area contributed by atoms with E-state index in [9.17, 15) is 19.2 Å². The number of halogens is 1. The van der Waals surface area contributed by atoms with Crippen molar-refractivity contribution < 1.29 is 52.3 Å². The number of nitrogens with one attached hydrogen (secondary N) is 1. The van der Waals surface area contributed by atoms with Gasteiger partial charge in [-0.2, -0.15) is 0 Å². The predicted molar refractivity (Wildman–Crippen MR) is 216 cm³/mol. The van der Waals surface area contributed by atoms with Gasteiger partial charge in [-0.15, -0.1) is 0 Å². The largest absolute Gasteiger partial charge is 0.493 e. The Kier molecular flexibility index (Phi) is 18.0. The number of nitrogens with zero attached hydrogens (tertiary/aromatic N) is 2. The van der Waals surface area contributed by atoms with Crippen LogP contribution in [0.15, 0.2) is 24.3 Å². The van der Waals surface area contributed by atoms with Gasteiger partial charge in [0, 0.05) is 26.2 Å². The lowest BCUT2D eigenvalue weighted by Crippen LogP contribution is -2.36. The second-order valence-electron chi connectivity index (χ2n) is 15.7. The van der Waals surface area contributed by atoms with Crippen LogP contribution in [0.5, 0.6) is 23.0 Å². The lowest BCUT2D eigenvalue weighted by Gasteiger charge is -2.25. The summed E-state index contributed by atoms with van der Waals surface area (Å²) >= 11 is 6.38. The molecule has 0 saturated carbocycles. The Hall–Kier alpha value is -4.47. The molecule has 1 aliphatic heterocycles. The Labute approximate surface area is 341 Å². The first-order chi connectivity index (χ1) is 26.8. The van der Waals surface area contributed by atoms with Gasteiger partial charge in [-0.25, -0.2) is 14.4 Å². The summed E-state index contributed by atoms with van der Waals surface area (Å²) in [6.07, 6.45) is 2.24. The van der Waals surface area contributed by atoms with Crippen molar-refractivity contribution in [1.29, 1.82) is 0 Å². The Morgan fingerprint density at radius 2 is 1.33 bits per heavy atom. The minimum absolute atomic E-state index is 0.0357. The summed E-state index contributed by atoms with van der Waals surface area (Å²) in [7, 11) is 4.42. The molecule has 3 N–H and O–H groups in total. The number of esters is 2. The number of rotatable bonds is 19. The molecule has 3 rings (SSSR count). The molecule has 1 atom stereocenters. The molecule has 0 aromatic heterocycles. The molecule has 2 aromatic rings. The molecule has 0 spiro atoms. The Morgan fingerprint density at radius 1 is 0.754 bits per heavy atom. The Morgan fingerprint density at radius 3 is 1.89 bits per heavy atom. The summed E-state index contributed by atoms with van der Waals surface area (Å²) in [5, 5.41) is 2.79. The molecule has 2 amide bonds. The van der Waals surface area contributed by atoms with Crippen molar-refractivity contribution in [2.45, 2.75) is 91.0 Å². The van der Waals surface area contributed by atoms with Crippen molar-refractivity contribution in [3.8, 4) is 23.0 Å². The molecule has 0 radical (unpaired) electrons. The van der Waals surface area contributed by atoms with Crippen LogP contribution in [-0.4, -0.2) is 125 Å². The number of hydrogen-bond donors (Lipinski definition) is 2. The van der Waals surface area contributed by atoms with E-state index >= 15 is 0 Å². The predicted octanol–water partition coefficient (Wildman–Crippen LogP) is 6.12. The van der Waals surface area contributed by atoms with Crippen LogP contribution in [0.3, 0.4) is 0 Å². The molecule has 1 heterocycles. The molecule has 0 bridgehead atoms. The third-order valence-corrected chi connectivity index (χ3v) is 9.10. The lowest BCUT2D eigenvalue weighted by molar-refractivity contribution is 0.00680. The van der Waals surface area contributed by atoms with Crippen LogP contribution in [0.2, 0.25) is 5.02 Å². The lowest BCUT2D eigenvalue weighted by atomic mass is 10.1. The standard InChI is InChI=1S/C41H61ClN4O11/c1-40(2,3)56-38(49)27-23-30(42)34(36(43)47)31(24-27)54-22-10-13-29(55-37(48)28-25-32(51-7)35(53-9)33(26-28)52-8)14-19-46-18-12-17-45(20-21-46)16-11-15-44-39(50)57-41(4,5)6/h23-26,29H,10-22H2,1-9H3,(H2,43,47)(H,44,50). The molecule has 1 saturated heterocycles. The maximum Gasteiger partial charge on any atom is 0.407 e. The van der Waals surface area contributed by atoms with Gasteiger partial charge in [-0.3, -0.25) is 4.79 Å². The average Bonchev–Trinajstić information content (AvgIpc) is 3.36. The molecular formula is C41H61ClN4O11. The Bertz CT molecular complexity index is 1650. The molecule has 57 heavy (non-hydrogen) atoms. The highest BCUT2D eigenvalue weighted by molar-refractivity contribution is 6.34. The van der Waals surface area contributed by atoms with E-state index < -0.39 is 41.2 Å². The molecule has 16 heteroatoms. The average molecular weight is 821 g/mol. The third kappa shape index (κ3) is 15.8. The number of nitrogens with two attached hydrogens (primary N) is 1. The SMILES string of the molecule is COc1cc(C(=O)OC(CCCOc2cc(C(=O)OC(C)(C)C)cc(Cl)c2C(N)=O)CCN2CCCN(CCCNC(=O)OC(C)(C)C)CC2)cc(OC)c1OC. The number of carbonyl (C=O) groups excluding carboxylic acids is 4. The van der Waals surface area contributed by atoms with E-state index in [1.165, 1.54) is 33.5 Å². The second-order valence-corrected chi connectivity index (χ2v) is 16.1. The van der Waals surface area contributed by atoms with Gasteiger partial charge in [-0.1, -0.05) is 11.6 Å². The molecule has 15 nitrogen and oxygen atoms in total. The van der Waals surface area contributed by atoms with Crippen LogP contribution >= 0.6 is 11.6 Å². The highest BCUT2D eigenvalue weighted by Gasteiger charge is 2.25. The van der Waals surface area contributed by atoms with Crippen LogP contribution in [-0.2, 0) is 14.2 Å². The molecule has 318 valence electrons. The van der Waals surface area contributed by atoms with Gasteiger partial charge in [0.1, 0.15) is 23.1 Å². The van der Waals surface area contributed by atoms with Crippen LogP contribution in [0, 0.1) is 0 Å². The highest BCUT2D eigenvalue weighted by Crippen LogP contribution is 2.38. The first-order valence-corrected chi connectivity index (χ1v) is 19.6. The maximum atomic E-state index is 13.6. The number of primary amides is 1. The number of hydrogen-bond acceptors (Lipinski definition) is 13. The van der Waals surface area contributed by atoms with E-state index in [-0.39, 0.29) is 34.1 Å². The number of amides is 2. The fourth-order valence-corrected chi connectivity index (χ4v) is 6.47. The molecule has 0 aliphatic carbocycles. The molecule has 1 aliphatic rings. The third-order valence-electron chi connectivity index (χ3n) is 8.80. The van der Waals surface area contributed by atoms with E-state index in [0.29, 0.717) is 49.6 Å². The molecular weight excluding hydrogens is 760 g/mol. The van der Waals surface area contributed by atoms with E-state index in [1.807, 2.05) is 20.8 Å². The monoisotopic (exact) mass is 820 g/mol. The van der Waals surface area contributed by atoms with Crippen LogP contribution in [0.4, 0.5) is 4.79 Å². The summed E-state index contributed by atoms with van der Waals surface area (Å²) < 4.78 is 39.2. The fraction of sp³-hybridized carbons (Fsp3) is 0.610. The van der Waals surface area contributed by atoms with Crippen molar-refractivity contribution in [3.05, 3.63) is 46.0 Å². The van der Waals surface area contributed by atoms with Gasteiger partial charge in [-0.05, 0) is 118 Å². The quantitative estimate of drug-likeness (QED) is 0.0943. The summed E-state index contributed by atoms with van der Waals surface area (Å²) in [5.41, 5.74) is 4.62. The zero-order valence-corrected chi connectivity index (χ0v) is 35.7. The van der Waals surface area contributed by atoms with E-state index in [2.05, 4.69) is 15.1 Å². The minimum atomic E-state index is -0.809. The van der Waals surface area contributed by atoms with Crippen molar-refractivity contribution in [2.24, 2.45) is 5.73 Å². The van der Waals surface area contributed by atoms with E-state index in [4.69, 9.17) is 50.5 Å². The Balaban J connectivity index is 1.69. The van der Waals surface area contributed by atoms with Crippen molar-refractivity contribution in [1.82, 2.24) is 15.1 Å². The van der Waals surface area contributed by atoms with Gasteiger partial charge >= 0.3 is 18.0 Å². The molecule has 1 fully saturated rings. The summed E-state index contributed by atoms with van der Waals surface area (Å²) in [5.74, 6) is -0.952. The minimum Gasteiger partial charge on any atom is -0.493 e. The number of alkyl carbamates (subject to hydrolysis) is 1. The number of carbonyl (C=O) groups is 4. The first-order valence-electron chi connectivity index (χ1n) is 19.3. The van der Waals surface area contributed by atoms with Crippen molar-refractivity contribution in [2.75, 3.05) is 73.7 Å². The second kappa shape index (κ2) is 21.9. The van der Waals surface area contributed by atoms with Crippen LogP contribution < -0.4 is 30.0 Å². The highest BCUT2D eigenvalue weighted by atomic mass is 35.5. The van der Waals surface area contributed by atoms with Crippen molar-refractivity contribution in [3.63, 3.8) is 0 Å². The normalized spacial score (nSPS) is 14.5. The topological polar surface area (TPSA) is 177 Å². The van der Waals surface area contributed by atoms with E-state index in [0.717, 1.165) is 45.6 Å². The fourth-order valence-electron chi connectivity index (χ4n) is 6.17.